The lowest BCUT2D eigenvalue weighted by Gasteiger charge is -2.34. The first-order valence-corrected chi connectivity index (χ1v) is 9.45. The second kappa shape index (κ2) is 8.42. The highest BCUT2D eigenvalue weighted by atomic mass is 32.1. The zero-order valence-corrected chi connectivity index (χ0v) is 15.9. The topological polar surface area (TPSA) is 62.2 Å². The van der Waals surface area contributed by atoms with Gasteiger partial charge in [-0.15, -0.1) is 11.3 Å². The summed E-state index contributed by atoms with van der Waals surface area (Å²) in [6, 6.07) is 7.63. The fraction of sp³-hybridized carbons (Fsp3) is 0.421. The molecule has 2 aromatic rings. The molecule has 0 atom stereocenters. The summed E-state index contributed by atoms with van der Waals surface area (Å²) in [5.74, 6) is 1.02. The van der Waals surface area contributed by atoms with Crippen molar-refractivity contribution >= 4 is 17.2 Å². The Kier molecular flexibility index (Phi) is 6.00. The molecule has 3 rings (SSSR count). The van der Waals surface area contributed by atoms with Crippen molar-refractivity contribution in [1.82, 2.24) is 9.80 Å². The SMILES string of the molecule is COc1cc(CN2CCN(C(=O)Cc3cccs3)CC2)cc(OC)c1O. The summed E-state index contributed by atoms with van der Waals surface area (Å²) in [5, 5.41) is 12.0. The number of benzene rings is 1. The highest BCUT2D eigenvalue weighted by molar-refractivity contribution is 7.10. The average molecular weight is 376 g/mol. The maximum Gasteiger partial charge on any atom is 0.227 e. The van der Waals surface area contributed by atoms with Crippen LogP contribution in [0.2, 0.25) is 0 Å². The predicted molar refractivity (Wildman–Crippen MR) is 101 cm³/mol. The zero-order valence-electron chi connectivity index (χ0n) is 15.1. The van der Waals surface area contributed by atoms with Crippen LogP contribution in [0.1, 0.15) is 10.4 Å². The van der Waals surface area contributed by atoms with E-state index in [1.807, 2.05) is 34.5 Å². The minimum atomic E-state index is 0.0164. The Labute approximate surface area is 157 Å². The van der Waals surface area contributed by atoms with E-state index in [4.69, 9.17) is 9.47 Å². The normalized spacial score (nSPS) is 15.1. The van der Waals surface area contributed by atoms with Crippen molar-refractivity contribution in [3.63, 3.8) is 0 Å². The third-order valence-electron chi connectivity index (χ3n) is 4.58. The fourth-order valence-electron chi connectivity index (χ4n) is 3.13. The molecule has 140 valence electrons. The van der Waals surface area contributed by atoms with Gasteiger partial charge >= 0.3 is 0 Å². The Hall–Kier alpha value is -2.25. The molecule has 0 bridgehead atoms. The van der Waals surface area contributed by atoms with E-state index in [9.17, 15) is 9.90 Å². The third-order valence-corrected chi connectivity index (χ3v) is 5.45. The number of ether oxygens (including phenoxy) is 2. The van der Waals surface area contributed by atoms with E-state index >= 15 is 0 Å². The van der Waals surface area contributed by atoms with Crippen LogP contribution < -0.4 is 9.47 Å². The molecule has 1 saturated heterocycles. The van der Waals surface area contributed by atoms with Crippen molar-refractivity contribution in [2.75, 3.05) is 40.4 Å². The van der Waals surface area contributed by atoms with Crippen LogP contribution in [0.3, 0.4) is 0 Å². The first kappa shape index (κ1) is 18.5. The van der Waals surface area contributed by atoms with Gasteiger partial charge in [-0.25, -0.2) is 0 Å². The molecule has 6 nitrogen and oxygen atoms in total. The minimum absolute atomic E-state index is 0.0164. The zero-order chi connectivity index (χ0) is 18.5. The predicted octanol–water partition coefficient (Wildman–Crippen LogP) is 2.36. The number of hydrogen-bond donors (Lipinski definition) is 1. The quantitative estimate of drug-likeness (QED) is 0.839. The Balaban J connectivity index is 1.56. The van der Waals surface area contributed by atoms with Crippen LogP contribution in [-0.4, -0.2) is 61.2 Å². The number of nitrogens with zero attached hydrogens (tertiary/aromatic N) is 2. The number of thiophene rings is 1. The van der Waals surface area contributed by atoms with E-state index in [1.54, 1.807) is 11.3 Å². The van der Waals surface area contributed by atoms with Gasteiger partial charge in [0, 0.05) is 37.6 Å². The number of amides is 1. The molecule has 1 N–H and O–H groups in total. The monoisotopic (exact) mass is 376 g/mol. The summed E-state index contributed by atoms with van der Waals surface area (Å²) >= 11 is 1.62. The van der Waals surface area contributed by atoms with E-state index in [0.29, 0.717) is 17.9 Å². The van der Waals surface area contributed by atoms with Crippen LogP contribution in [0.15, 0.2) is 29.6 Å². The molecule has 1 aliphatic rings. The summed E-state index contributed by atoms with van der Waals surface area (Å²) in [6.07, 6.45) is 0.490. The Morgan fingerprint density at radius 1 is 1.15 bits per heavy atom. The number of carbonyl (C=O) groups is 1. The number of methoxy groups -OCH3 is 2. The summed E-state index contributed by atoms with van der Waals surface area (Å²) in [7, 11) is 3.05. The van der Waals surface area contributed by atoms with Crippen LogP contribution in [-0.2, 0) is 17.8 Å². The highest BCUT2D eigenvalue weighted by Gasteiger charge is 2.22. The first-order chi connectivity index (χ1) is 12.6. The van der Waals surface area contributed by atoms with Gasteiger partial charge in [0.05, 0.1) is 20.6 Å². The van der Waals surface area contributed by atoms with Gasteiger partial charge in [-0.3, -0.25) is 9.69 Å². The summed E-state index contributed by atoms with van der Waals surface area (Å²) < 4.78 is 10.4. The molecule has 7 heteroatoms. The number of phenolic OH excluding ortho intramolecular Hbond substituents is 1. The van der Waals surface area contributed by atoms with Crippen molar-refractivity contribution in [3.05, 3.63) is 40.1 Å². The summed E-state index contributed by atoms with van der Waals surface area (Å²) in [5.41, 5.74) is 1.01. The maximum atomic E-state index is 12.4. The van der Waals surface area contributed by atoms with Crippen LogP contribution in [0.25, 0.3) is 0 Å². The lowest BCUT2D eigenvalue weighted by Crippen LogP contribution is -2.48. The van der Waals surface area contributed by atoms with Crippen molar-refractivity contribution in [2.24, 2.45) is 0 Å². The van der Waals surface area contributed by atoms with Gasteiger partial charge in [-0.05, 0) is 29.1 Å². The lowest BCUT2D eigenvalue weighted by atomic mass is 10.1. The van der Waals surface area contributed by atoms with Crippen LogP contribution in [0.5, 0.6) is 17.2 Å². The second-order valence-electron chi connectivity index (χ2n) is 6.26. The third kappa shape index (κ3) is 4.28. The second-order valence-corrected chi connectivity index (χ2v) is 7.29. The van der Waals surface area contributed by atoms with Gasteiger partial charge in [-0.2, -0.15) is 0 Å². The Bertz CT molecular complexity index is 715. The number of hydrogen-bond acceptors (Lipinski definition) is 6. The molecular weight excluding hydrogens is 352 g/mol. The van der Waals surface area contributed by atoms with E-state index in [-0.39, 0.29) is 11.7 Å². The van der Waals surface area contributed by atoms with Gasteiger partial charge in [0.2, 0.25) is 11.7 Å². The van der Waals surface area contributed by atoms with Gasteiger partial charge in [0.25, 0.3) is 0 Å². The first-order valence-electron chi connectivity index (χ1n) is 8.57. The molecule has 1 fully saturated rings. The molecule has 0 spiro atoms. The Morgan fingerprint density at radius 3 is 2.35 bits per heavy atom. The number of carbonyl (C=O) groups excluding carboxylic acids is 1. The smallest absolute Gasteiger partial charge is 0.227 e. The van der Waals surface area contributed by atoms with Crippen molar-refractivity contribution in [2.45, 2.75) is 13.0 Å². The van der Waals surface area contributed by atoms with Gasteiger partial charge in [0.1, 0.15) is 0 Å². The molecule has 0 saturated carbocycles. The van der Waals surface area contributed by atoms with Gasteiger partial charge in [0.15, 0.2) is 11.5 Å². The standard InChI is InChI=1S/C19H24N2O4S/c1-24-16-10-14(11-17(25-2)19(16)23)13-20-5-7-21(8-6-20)18(22)12-15-4-3-9-26-15/h3-4,9-11,23H,5-8,12-13H2,1-2H3. The van der Waals surface area contributed by atoms with Crippen LogP contribution >= 0.6 is 11.3 Å². The number of phenols is 1. The van der Waals surface area contributed by atoms with Gasteiger partial charge in [-0.1, -0.05) is 6.07 Å². The molecule has 1 aliphatic heterocycles. The van der Waals surface area contributed by atoms with E-state index in [1.165, 1.54) is 14.2 Å². The molecule has 1 aromatic heterocycles. The van der Waals surface area contributed by atoms with Crippen molar-refractivity contribution in [1.29, 1.82) is 0 Å². The highest BCUT2D eigenvalue weighted by Crippen LogP contribution is 2.37. The van der Waals surface area contributed by atoms with E-state index in [2.05, 4.69) is 4.90 Å². The van der Waals surface area contributed by atoms with E-state index in [0.717, 1.165) is 43.2 Å². The molecule has 26 heavy (non-hydrogen) atoms. The molecule has 1 aromatic carbocycles. The molecular formula is C19H24N2O4S. The average Bonchev–Trinajstić information content (AvgIpc) is 3.16. The largest absolute Gasteiger partial charge is 0.502 e. The molecule has 0 radical (unpaired) electrons. The van der Waals surface area contributed by atoms with Crippen LogP contribution in [0, 0.1) is 0 Å². The number of rotatable bonds is 6. The minimum Gasteiger partial charge on any atom is -0.502 e. The lowest BCUT2D eigenvalue weighted by molar-refractivity contribution is -0.132. The summed E-state index contributed by atoms with van der Waals surface area (Å²) in [6.45, 7) is 3.83. The molecule has 0 aliphatic carbocycles. The summed E-state index contributed by atoms with van der Waals surface area (Å²) in [4.78, 5) is 17.7. The van der Waals surface area contributed by atoms with E-state index < -0.39 is 0 Å². The van der Waals surface area contributed by atoms with Crippen LogP contribution in [0.4, 0.5) is 0 Å². The number of aromatic hydroxyl groups is 1. The van der Waals surface area contributed by atoms with Crippen molar-refractivity contribution < 1.29 is 19.4 Å². The molecule has 0 unspecified atom stereocenters. The molecule has 1 amide bonds. The Morgan fingerprint density at radius 2 is 1.81 bits per heavy atom. The number of piperazine rings is 1. The maximum absolute atomic E-state index is 12.4. The van der Waals surface area contributed by atoms with Gasteiger partial charge < -0.3 is 19.5 Å². The van der Waals surface area contributed by atoms with Crippen molar-refractivity contribution in [3.8, 4) is 17.2 Å². The fourth-order valence-corrected chi connectivity index (χ4v) is 3.82. The molecule has 2 heterocycles.